The summed E-state index contributed by atoms with van der Waals surface area (Å²) in [7, 11) is 0. The molecule has 0 heterocycles. The lowest BCUT2D eigenvalue weighted by atomic mass is 10.0. The Morgan fingerprint density at radius 3 is 0.646 bits per heavy atom. The predicted octanol–water partition coefficient (Wildman–Crippen LogP) is 24.6. The van der Waals surface area contributed by atoms with E-state index in [2.05, 4.69) is 45.1 Å². The molecule has 1 atom stereocenters. The van der Waals surface area contributed by atoms with Crippen molar-refractivity contribution in [2.24, 2.45) is 0 Å². The molecule has 0 N–H and O–H groups in total. The average molecular weight is 1110 g/mol. The molecule has 0 saturated carbocycles. The van der Waals surface area contributed by atoms with Crippen LogP contribution in [0.25, 0.3) is 0 Å². The lowest BCUT2D eigenvalue weighted by molar-refractivity contribution is -0.167. The Kier molecular flexibility index (Phi) is 66.6. The summed E-state index contributed by atoms with van der Waals surface area (Å²) in [6, 6.07) is 0. The highest BCUT2D eigenvalue weighted by atomic mass is 16.6. The van der Waals surface area contributed by atoms with Crippen LogP contribution in [0.3, 0.4) is 0 Å². The van der Waals surface area contributed by atoms with Gasteiger partial charge in [-0.3, -0.25) is 14.4 Å². The molecule has 0 aromatic carbocycles. The molecule has 6 nitrogen and oxygen atoms in total. The van der Waals surface area contributed by atoms with Crippen LogP contribution < -0.4 is 0 Å². The van der Waals surface area contributed by atoms with E-state index < -0.39 is 6.10 Å². The zero-order valence-corrected chi connectivity index (χ0v) is 53.7. The molecule has 0 fully saturated rings. The summed E-state index contributed by atoms with van der Waals surface area (Å²) in [5, 5.41) is 0. The van der Waals surface area contributed by atoms with E-state index in [1.165, 1.54) is 302 Å². The minimum Gasteiger partial charge on any atom is -0.462 e. The fourth-order valence-corrected chi connectivity index (χ4v) is 11.0. The number of unbranched alkanes of at least 4 members (excludes halogenated alkanes) is 52. The van der Waals surface area contributed by atoms with Gasteiger partial charge in [0.15, 0.2) is 6.10 Å². The first-order valence-corrected chi connectivity index (χ1v) is 35.8. The second-order valence-corrected chi connectivity index (χ2v) is 24.5. The summed E-state index contributed by atoms with van der Waals surface area (Å²) in [5.74, 6) is -0.851. The SMILES string of the molecule is CCCCCC/C=C\CCCCCCCC(=O)OCC(COC(=O)CCCCCCCCCCCCCCCCCCCCCCCCCCCCCCC)OC(=O)CCCCCCCCCCC/C=C\CCCCCCCC. The van der Waals surface area contributed by atoms with Crippen LogP contribution in [0.4, 0.5) is 0 Å². The quantitative estimate of drug-likeness (QED) is 0.0261. The maximum atomic E-state index is 12.9. The third-order valence-corrected chi connectivity index (χ3v) is 16.4. The monoisotopic (exact) mass is 1110 g/mol. The highest BCUT2D eigenvalue weighted by molar-refractivity contribution is 5.71. The van der Waals surface area contributed by atoms with Gasteiger partial charge in [0.2, 0.25) is 0 Å². The van der Waals surface area contributed by atoms with Crippen molar-refractivity contribution in [2.75, 3.05) is 13.2 Å². The number of hydrogen-bond acceptors (Lipinski definition) is 6. The van der Waals surface area contributed by atoms with Gasteiger partial charge in [-0.05, 0) is 70.6 Å². The summed E-state index contributed by atoms with van der Waals surface area (Å²) in [4.78, 5) is 38.4. The van der Waals surface area contributed by atoms with Gasteiger partial charge in [0.1, 0.15) is 13.2 Å². The first-order chi connectivity index (χ1) is 39.0. The Hall–Kier alpha value is -2.11. The number of hydrogen-bond donors (Lipinski definition) is 0. The number of carbonyl (C=O) groups is 3. The summed E-state index contributed by atoms with van der Waals surface area (Å²) >= 11 is 0. The van der Waals surface area contributed by atoms with Gasteiger partial charge in [0, 0.05) is 19.3 Å². The highest BCUT2D eigenvalue weighted by Gasteiger charge is 2.19. The van der Waals surface area contributed by atoms with Gasteiger partial charge in [-0.2, -0.15) is 0 Å². The maximum absolute atomic E-state index is 12.9. The van der Waals surface area contributed by atoms with E-state index in [1.807, 2.05) is 0 Å². The van der Waals surface area contributed by atoms with Crippen molar-refractivity contribution in [3.8, 4) is 0 Å². The topological polar surface area (TPSA) is 78.9 Å². The van der Waals surface area contributed by atoms with Crippen LogP contribution in [-0.2, 0) is 28.6 Å². The van der Waals surface area contributed by atoms with Crippen molar-refractivity contribution in [3.05, 3.63) is 24.3 Å². The molecule has 0 saturated heterocycles. The zero-order chi connectivity index (χ0) is 57.1. The van der Waals surface area contributed by atoms with E-state index in [-0.39, 0.29) is 31.1 Å². The smallest absolute Gasteiger partial charge is 0.306 e. The van der Waals surface area contributed by atoms with Crippen LogP contribution in [0.2, 0.25) is 0 Å². The highest BCUT2D eigenvalue weighted by Crippen LogP contribution is 2.19. The van der Waals surface area contributed by atoms with Crippen molar-refractivity contribution in [3.63, 3.8) is 0 Å². The summed E-state index contributed by atoms with van der Waals surface area (Å²) in [6.45, 7) is 6.69. The van der Waals surface area contributed by atoms with Gasteiger partial charge in [-0.25, -0.2) is 0 Å². The van der Waals surface area contributed by atoms with E-state index >= 15 is 0 Å². The minimum atomic E-state index is -0.774. The van der Waals surface area contributed by atoms with Crippen LogP contribution in [0, 0.1) is 0 Å². The Morgan fingerprint density at radius 2 is 0.418 bits per heavy atom. The molecule has 466 valence electrons. The molecule has 79 heavy (non-hydrogen) atoms. The van der Waals surface area contributed by atoms with Gasteiger partial charge in [-0.15, -0.1) is 0 Å². The number of allylic oxidation sites excluding steroid dienone is 4. The van der Waals surface area contributed by atoms with E-state index in [9.17, 15) is 14.4 Å². The van der Waals surface area contributed by atoms with E-state index in [0.717, 1.165) is 64.2 Å². The fraction of sp³-hybridized carbons (Fsp3) is 0.904. The van der Waals surface area contributed by atoms with Crippen LogP contribution in [0.1, 0.15) is 406 Å². The molecule has 0 radical (unpaired) electrons. The van der Waals surface area contributed by atoms with Crippen molar-refractivity contribution < 1.29 is 28.6 Å². The standard InChI is InChI=1S/C73H138O6/c1-4-7-10-13-16-19-22-25-27-29-31-32-33-34-35-36-37-38-39-40-42-43-45-48-51-54-57-60-63-66-72(75)78-69-70(68-77-71(74)65-62-59-56-53-50-47-24-21-18-15-12-9-6-3)79-73(76)67-64-61-58-55-52-49-46-44-41-30-28-26-23-20-17-14-11-8-5-2/h21,24,26,28,70H,4-20,22-23,25,27,29-69H2,1-3H3/b24-21-,28-26-. The Balaban J connectivity index is 4.16. The van der Waals surface area contributed by atoms with Gasteiger partial charge < -0.3 is 14.2 Å². The molecule has 0 bridgehead atoms. The molecule has 0 spiro atoms. The molecular weight excluding hydrogens is 973 g/mol. The molecule has 1 unspecified atom stereocenters. The van der Waals surface area contributed by atoms with Crippen molar-refractivity contribution >= 4 is 17.9 Å². The van der Waals surface area contributed by atoms with Crippen molar-refractivity contribution in [1.29, 1.82) is 0 Å². The van der Waals surface area contributed by atoms with Crippen LogP contribution in [0.15, 0.2) is 24.3 Å². The normalized spacial score (nSPS) is 12.1. The number of rotatable bonds is 67. The fourth-order valence-electron chi connectivity index (χ4n) is 11.0. The Labute approximate surface area is 493 Å². The second-order valence-electron chi connectivity index (χ2n) is 24.5. The molecule has 0 aliphatic rings. The predicted molar refractivity (Wildman–Crippen MR) is 344 cm³/mol. The molecule has 0 amide bonds. The van der Waals surface area contributed by atoms with Crippen molar-refractivity contribution in [2.45, 2.75) is 412 Å². The number of carbonyl (C=O) groups excluding carboxylic acids is 3. The van der Waals surface area contributed by atoms with Crippen LogP contribution in [0.5, 0.6) is 0 Å². The molecule has 0 rings (SSSR count). The largest absolute Gasteiger partial charge is 0.462 e. The third kappa shape index (κ3) is 66.6. The minimum absolute atomic E-state index is 0.0694. The summed E-state index contributed by atoms with van der Waals surface area (Å²) in [6.07, 6.45) is 83.6. The van der Waals surface area contributed by atoms with Gasteiger partial charge in [0.25, 0.3) is 0 Å². The zero-order valence-electron chi connectivity index (χ0n) is 53.7. The van der Waals surface area contributed by atoms with Crippen molar-refractivity contribution in [1.82, 2.24) is 0 Å². The van der Waals surface area contributed by atoms with Crippen LogP contribution >= 0.6 is 0 Å². The third-order valence-electron chi connectivity index (χ3n) is 16.4. The van der Waals surface area contributed by atoms with Crippen LogP contribution in [-0.4, -0.2) is 37.2 Å². The van der Waals surface area contributed by atoms with Gasteiger partial charge in [0.05, 0.1) is 0 Å². The van der Waals surface area contributed by atoms with Gasteiger partial charge >= 0.3 is 17.9 Å². The molecule has 0 aromatic rings. The Bertz CT molecular complexity index is 1270. The van der Waals surface area contributed by atoms with E-state index in [4.69, 9.17) is 14.2 Å². The lowest BCUT2D eigenvalue weighted by Gasteiger charge is -2.18. The first kappa shape index (κ1) is 76.9. The molecule has 6 heteroatoms. The molecule has 0 aliphatic carbocycles. The van der Waals surface area contributed by atoms with E-state index in [0.29, 0.717) is 19.3 Å². The number of esters is 3. The molecule has 0 aromatic heterocycles. The maximum Gasteiger partial charge on any atom is 0.306 e. The summed E-state index contributed by atoms with van der Waals surface area (Å²) in [5.41, 5.74) is 0. The molecular formula is C73H138O6. The van der Waals surface area contributed by atoms with E-state index in [1.54, 1.807) is 0 Å². The van der Waals surface area contributed by atoms with Gasteiger partial charge in [-0.1, -0.05) is 340 Å². The second kappa shape index (κ2) is 68.4. The first-order valence-electron chi connectivity index (χ1n) is 35.8. The average Bonchev–Trinajstić information content (AvgIpc) is 3.45. The summed E-state index contributed by atoms with van der Waals surface area (Å²) < 4.78 is 17.0. The lowest BCUT2D eigenvalue weighted by Crippen LogP contribution is -2.30. The Morgan fingerprint density at radius 1 is 0.241 bits per heavy atom. The number of ether oxygens (including phenoxy) is 3. The molecule has 0 aliphatic heterocycles.